The van der Waals surface area contributed by atoms with E-state index >= 15 is 0 Å². The Morgan fingerprint density at radius 1 is 1.71 bits per heavy atom. The number of rotatable bonds is 1. The molecule has 0 unspecified atom stereocenters. The van der Waals surface area contributed by atoms with Gasteiger partial charge in [-0.3, -0.25) is 5.32 Å². The molecule has 41 valence electrons. The van der Waals surface area contributed by atoms with E-state index in [-0.39, 0.29) is 0 Å². The zero-order chi connectivity index (χ0) is 5.11. The van der Waals surface area contributed by atoms with Crippen LogP contribution < -0.4 is 10.7 Å². The van der Waals surface area contributed by atoms with Gasteiger partial charge >= 0.3 is 0 Å². The van der Waals surface area contributed by atoms with E-state index in [4.69, 9.17) is 0 Å². The first-order valence-corrected chi connectivity index (χ1v) is 3.01. The smallest absolute Gasteiger partial charge is 0.0746 e. The number of hydrazine groups is 1. The summed E-state index contributed by atoms with van der Waals surface area (Å²) < 4.78 is 1.93. The summed E-state index contributed by atoms with van der Waals surface area (Å²) >= 11 is 1.44. The maximum atomic E-state index is 3.61. The van der Waals surface area contributed by atoms with Crippen molar-refractivity contribution >= 4 is 11.9 Å². The Morgan fingerprint density at radius 3 is 2.86 bits per heavy atom. The van der Waals surface area contributed by atoms with Crippen molar-refractivity contribution < 1.29 is 0 Å². The summed E-state index contributed by atoms with van der Waals surface area (Å²) in [6.07, 6.45) is 3.61. The highest BCUT2D eigenvalue weighted by atomic mass is 32.2. The van der Waals surface area contributed by atoms with Crippen molar-refractivity contribution in [3.8, 4) is 0 Å². The summed E-state index contributed by atoms with van der Waals surface area (Å²) in [6, 6.07) is 0. The standard InChI is InChI=1S/C3H8N3S/c1-7-6-3-4-2-5-6/h4-5H,1-3H2. The minimum absolute atomic E-state index is 0.864. The molecule has 0 aromatic heterocycles. The Labute approximate surface area is 47.6 Å². The van der Waals surface area contributed by atoms with E-state index in [1.165, 1.54) is 11.9 Å². The predicted molar refractivity (Wildman–Crippen MR) is 30.8 cm³/mol. The lowest BCUT2D eigenvalue weighted by atomic mass is 11.1. The van der Waals surface area contributed by atoms with Crippen molar-refractivity contribution in [1.29, 1.82) is 0 Å². The van der Waals surface area contributed by atoms with Gasteiger partial charge < -0.3 is 0 Å². The summed E-state index contributed by atoms with van der Waals surface area (Å²) in [4.78, 5) is 0. The van der Waals surface area contributed by atoms with Crippen LogP contribution in [0.2, 0.25) is 0 Å². The molecule has 0 spiro atoms. The lowest BCUT2D eigenvalue weighted by molar-refractivity contribution is 0.460. The highest BCUT2D eigenvalue weighted by Crippen LogP contribution is 2.01. The van der Waals surface area contributed by atoms with Crippen LogP contribution >= 0.6 is 11.9 Å². The fraction of sp³-hybridized carbons (Fsp3) is 0.667. The molecule has 3 nitrogen and oxygen atoms in total. The lowest BCUT2D eigenvalue weighted by Gasteiger charge is -2.06. The normalized spacial score (nSPS) is 23.6. The third kappa shape index (κ3) is 1.31. The van der Waals surface area contributed by atoms with E-state index in [2.05, 4.69) is 17.0 Å². The zero-order valence-electron chi connectivity index (χ0n) is 3.98. The van der Waals surface area contributed by atoms with Crippen LogP contribution in [-0.4, -0.2) is 17.8 Å². The predicted octanol–water partition coefficient (Wildman–Crippen LogP) is -0.249. The summed E-state index contributed by atoms with van der Waals surface area (Å²) in [5.74, 6) is 0. The van der Waals surface area contributed by atoms with Crippen LogP contribution in [0.3, 0.4) is 0 Å². The van der Waals surface area contributed by atoms with Gasteiger partial charge in [-0.05, 0) is 0 Å². The van der Waals surface area contributed by atoms with Crippen LogP contribution in [0, 0.1) is 6.26 Å². The molecule has 0 amide bonds. The minimum Gasteiger partial charge on any atom is -0.289 e. The van der Waals surface area contributed by atoms with Gasteiger partial charge in [0.1, 0.15) is 0 Å². The molecule has 7 heavy (non-hydrogen) atoms. The maximum absolute atomic E-state index is 3.61. The van der Waals surface area contributed by atoms with E-state index in [1.807, 2.05) is 4.41 Å². The molecule has 1 heterocycles. The molecule has 4 heteroatoms. The molecule has 0 bridgehead atoms. The lowest BCUT2D eigenvalue weighted by Crippen LogP contribution is -2.22. The van der Waals surface area contributed by atoms with Gasteiger partial charge in [0.2, 0.25) is 0 Å². The molecule has 1 radical (unpaired) electrons. The monoisotopic (exact) mass is 118 g/mol. The highest BCUT2D eigenvalue weighted by molar-refractivity contribution is 7.98. The van der Waals surface area contributed by atoms with Crippen LogP contribution in [-0.2, 0) is 0 Å². The average molecular weight is 118 g/mol. The van der Waals surface area contributed by atoms with Crippen LogP contribution in [0.4, 0.5) is 0 Å². The Balaban J connectivity index is 2.14. The Kier molecular flexibility index (Phi) is 1.93. The van der Waals surface area contributed by atoms with Gasteiger partial charge in [-0.25, -0.2) is 5.43 Å². The molecule has 1 aliphatic rings. The van der Waals surface area contributed by atoms with Gasteiger partial charge in [-0.15, -0.1) is 0 Å². The zero-order valence-corrected chi connectivity index (χ0v) is 4.79. The molecule has 2 N–H and O–H groups in total. The van der Waals surface area contributed by atoms with Crippen molar-refractivity contribution in [2.24, 2.45) is 0 Å². The van der Waals surface area contributed by atoms with Gasteiger partial charge in [0.15, 0.2) is 0 Å². The third-order valence-electron chi connectivity index (χ3n) is 0.792. The van der Waals surface area contributed by atoms with E-state index in [0.29, 0.717) is 0 Å². The van der Waals surface area contributed by atoms with Crippen molar-refractivity contribution in [2.75, 3.05) is 13.3 Å². The number of hydrogen-bond donors (Lipinski definition) is 2. The Morgan fingerprint density at radius 2 is 2.57 bits per heavy atom. The van der Waals surface area contributed by atoms with E-state index in [9.17, 15) is 0 Å². The SMILES string of the molecule is [CH2]SN1CNCN1. The molecule has 0 aromatic carbocycles. The summed E-state index contributed by atoms with van der Waals surface area (Å²) in [7, 11) is 0. The molecule has 1 fully saturated rings. The third-order valence-corrected chi connectivity index (χ3v) is 1.36. The molecular formula is C3H8N3S. The second kappa shape index (κ2) is 2.52. The van der Waals surface area contributed by atoms with Crippen LogP contribution in [0.5, 0.6) is 0 Å². The van der Waals surface area contributed by atoms with Crippen LogP contribution in [0.25, 0.3) is 0 Å². The van der Waals surface area contributed by atoms with Crippen LogP contribution in [0.15, 0.2) is 0 Å². The van der Waals surface area contributed by atoms with Gasteiger partial charge in [0.05, 0.1) is 13.3 Å². The second-order valence-corrected chi connectivity index (χ2v) is 1.95. The Hall–Kier alpha value is 0.230. The minimum atomic E-state index is 0.864. The first-order chi connectivity index (χ1) is 3.43. The fourth-order valence-corrected chi connectivity index (χ4v) is 0.787. The quantitative estimate of drug-likeness (QED) is 0.464. The van der Waals surface area contributed by atoms with E-state index in [0.717, 1.165) is 13.3 Å². The topological polar surface area (TPSA) is 27.3 Å². The molecule has 0 aromatic rings. The second-order valence-electron chi connectivity index (χ2n) is 1.25. The molecule has 0 aliphatic carbocycles. The van der Waals surface area contributed by atoms with Gasteiger partial charge in [0.25, 0.3) is 0 Å². The van der Waals surface area contributed by atoms with Gasteiger partial charge in [-0.1, -0.05) is 11.9 Å². The van der Waals surface area contributed by atoms with Crippen molar-refractivity contribution in [3.05, 3.63) is 6.26 Å². The molecule has 1 rings (SSSR count). The summed E-state index contributed by atoms with van der Waals surface area (Å²) in [5, 5.41) is 3.08. The first-order valence-electron chi connectivity index (χ1n) is 2.07. The Bertz CT molecular complexity index is 52.1. The number of nitrogens with one attached hydrogen (secondary N) is 2. The van der Waals surface area contributed by atoms with Crippen molar-refractivity contribution in [1.82, 2.24) is 15.2 Å². The van der Waals surface area contributed by atoms with Crippen molar-refractivity contribution in [2.45, 2.75) is 0 Å². The summed E-state index contributed by atoms with van der Waals surface area (Å²) in [5.41, 5.74) is 3.03. The highest BCUT2D eigenvalue weighted by Gasteiger charge is 2.05. The fourth-order valence-electron chi connectivity index (χ4n) is 0.449. The average Bonchev–Trinajstić information content (AvgIpc) is 2.14. The van der Waals surface area contributed by atoms with Crippen LogP contribution in [0.1, 0.15) is 0 Å². The maximum Gasteiger partial charge on any atom is 0.0746 e. The van der Waals surface area contributed by atoms with E-state index < -0.39 is 0 Å². The summed E-state index contributed by atoms with van der Waals surface area (Å²) in [6.45, 7) is 1.75. The molecule has 0 atom stereocenters. The molecular weight excluding hydrogens is 110 g/mol. The van der Waals surface area contributed by atoms with E-state index in [1.54, 1.807) is 0 Å². The number of nitrogens with zero attached hydrogens (tertiary/aromatic N) is 1. The van der Waals surface area contributed by atoms with Gasteiger partial charge in [0, 0.05) is 6.26 Å². The number of hydrogen-bond acceptors (Lipinski definition) is 4. The molecule has 1 saturated heterocycles. The molecule has 0 saturated carbocycles. The van der Waals surface area contributed by atoms with Crippen molar-refractivity contribution in [3.63, 3.8) is 0 Å². The first kappa shape index (κ1) is 5.37. The largest absolute Gasteiger partial charge is 0.289 e. The van der Waals surface area contributed by atoms with Gasteiger partial charge in [-0.2, -0.15) is 4.41 Å². The molecule has 1 aliphatic heterocycles.